The van der Waals surface area contributed by atoms with Gasteiger partial charge in [0.25, 0.3) is 0 Å². The standard InChI is InChI=1S/C17H31NO/c1-4-5-6-7-8-9-10-11-12-16(18-3)17-15(2)13-14-19-17/h13-14,16,18H,4-12H2,1-3H3. The molecule has 1 rings (SSSR count). The van der Waals surface area contributed by atoms with E-state index in [0.717, 1.165) is 5.76 Å². The quantitative estimate of drug-likeness (QED) is 0.543. The average Bonchev–Trinajstić information content (AvgIpc) is 2.83. The Balaban J connectivity index is 2.09. The number of aryl methyl sites for hydroxylation is 1. The van der Waals surface area contributed by atoms with Crippen molar-refractivity contribution in [3.63, 3.8) is 0 Å². The van der Waals surface area contributed by atoms with Gasteiger partial charge in [-0.1, -0.05) is 58.3 Å². The summed E-state index contributed by atoms with van der Waals surface area (Å²) in [7, 11) is 2.03. The van der Waals surface area contributed by atoms with Gasteiger partial charge in [-0.15, -0.1) is 0 Å². The molecule has 1 heterocycles. The van der Waals surface area contributed by atoms with Crippen LogP contribution in [0, 0.1) is 6.92 Å². The van der Waals surface area contributed by atoms with Gasteiger partial charge in [-0.2, -0.15) is 0 Å². The second kappa shape index (κ2) is 10.1. The van der Waals surface area contributed by atoms with Crippen LogP contribution in [0.5, 0.6) is 0 Å². The van der Waals surface area contributed by atoms with Gasteiger partial charge >= 0.3 is 0 Å². The fraction of sp³-hybridized carbons (Fsp3) is 0.765. The average molecular weight is 265 g/mol. The molecule has 0 radical (unpaired) electrons. The summed E-state index contributed by atoms with van der Waals surface area (Å²) in [6, 6.07) is 2.43. The van der Waals surface area contributed by atoms with Crippen molar-refractivity contribution in [2.75, 3.05) is 7.05 Å². The van der Waals surface area contributed by atoms with Gasteiger partial charge in [0.05, 0.1) is 12.3 Å². The summed E-state index contributed by atoms with van der Waals surface area (Å²) in [6.45, 7) is 4.39. The normalized spacial score (nSPS) is 12.8. The molecular weight excluding hydrogens is 234 g/mol. The number of nitrogens with one attached hydrogen (secondary N) is 1. The molecule has 2 nitrogen and oxygen atoms in total. The number of unbranched alkanes of at least 4 members (excludes halogenated alkanes) is 7. The topological polar surface area (TPSA) is 25.2 Å². The van der Waals surface area contributed by atoms with E-state index in [9.17, 15) is 0 Å². The van der Waals surface area contributed by atoms with Gasteiger partial charge in [-0.3, -0.25) is 0 Å². The Morgan fingerprint density at radius 2 is 1.68 bits per heavy atom. The van der Waals surface area contributed by atoms with Crippen molar-refractivity contribution in [2.24, 2.45) is 0 Å². The molecular formula is C17H31NO. The van der Waals surface area contributed by atoms with Crippen molar-refractivity contribution < 1.29 is 4.42 Å². The molecule has 0 aromatic carbocycles. The first kappa shape index (κ1) is 16.3. The summed E-state index contributed by atoms with van der Waals surface area (Å²) in [6.07, 6.45) is 14.0. The summed E-state index contributed by atoms with van der Waals surface area (Å²) >= 11 is 0. The minimum absolute atomic E-state index is 0.384. The van der Waals surface area contributed by atoms with E-state index in [4.69, 9.17) is 4.42 Å². The predicted molar refractivity (Wildman–Crippen MR) is 82.5 cm³/mol. The minimum atomic E-state index is 0.384. The van der Waals surface area contributed by atoms with Gasteiger partial charge in [0.15, 0.2) is 0 Å². The van der Waals surface area contributed by atoms with Crippen LogP contribution in [0.4, 0.5) is 0 Å². The molecule has 0 aliphatic heterocycles. The lowest BCUT2D eigenvalue weighted by Crippen LogP contribution is -2.16. The third-order valence-corrected chi connectivity index (χ3v) is 3.91. The molecule has 0 fully saturated rings. The molecule has 2 heteroatoms. The lowest BCUT2D eigenvalue weighted by Gasteiger charge is -2.14. The fourth-order valence-corrected chi connectivity index (χ4v) is 2.63. The highest BCUT2D eigenvalue weighted by Crippen LogP contribution is 2.23. The van der Waals surface area contributed by atoms with Crippen LogP contribution in [0.1, 0.15) is 82.1 Å². The van der Waals surface area contributed by atoms with Gasteiger partial charge in [-0.05, 0) is 32.0 Å². The molecule has 0 aliphatic rings. The van der Waals surface area contributed by atoms with Gasteiger partial charge in [-0.25, -0.2) is 0 Å². The fourth-order valence-electron chi connectivity index (χ4n) is 2.63. The van der Waals surface area contributed by atoms with E-state index < -0.39 is 0 Å². The van der Waals surface area contributed by atoms with Crippen molar-refractivity contribution in [3.05, 3.63) is 23.7 Å². The van der Waals surface area contributed by atoms with Crippen LogP contribution in [0.25, 0.3) is 0 Å². The summed E-state index contributed by atoms with van der Waals surface area (Å²) in [5, 5.41) is 3.37. The first-order valence-corrected chi connectivity index (χ1v) is 8.00. The van der Waals surface area contributed by atoms with Crippen molar-refractivity contribution in [3.8, 4) is 0 Å². The monoisotopic (exact) mass is 265 g/mol. The van der Waals surface area contributed by atoms with Crippen LogP contribution >= 0.6 is 0 Å². The lowest BCUT2D eigenvalue weighted by molar-refractivity contribution is 0.399. The molecule has 0 bridgehead atoms. The molecule has 0 saturated heterocycles. The molecule has 1 unspecified atom stereocenters. The molecule has 1 aromatic heterocycles. The zero-order chi connectivity index (χ0) is 13.9. The van der Waals surface area contributed by atoms with E-state index in [0.29, 0.717) is 6.04 Å². The third kappa shape index (κ3) is 6.29. The second-order valence-corrected chi connectivity index (χ2v) is 5.57. The van der Waals surface area contributed by atoms with Crippen LogP contribution in [-0.2, 0) is 0 Å². The van der Waals surface area contributed by atoms with Gasteiger partial charge in [0, 0.05) is 0 Å². The molecule has 1 atom stereocenters. The van der Waals surface area contributed by atoms with Crippen LogP contribution < -0.4 is 5.32 Å². The molecule has 0 amide bonds. The number of hydrogen-bond acceptors (Lipinski definition) is 2. The second-order valence-electron chi connectivity index (χ2n) is 5.57. The highest BCUT2D eigenvalue weighted by Gasteiger charge is 2.14. The van der Waals surface area contributed by atoms with E-state index in [2.05, 4.69) is 19.2 Å². The lowest BCUT2D eigenvalue weighted by atomic mass is 10.0. The minimum Gasteiger partial charge on any atom is -0.467 e. The van der Waals surface area contributed by atoms with Gasteiger partial charge in [0.2, 0.25) is 0 Å². The SMILES string of the molecule is CCCCCCCCCCC(NC)c1occc1C. The van der Waals surface area contributed by atoms with Gasteiger partial charge in [0.1, 0.15) is 5.76 Å². The van der Waals surface area contributed by atoms with E-state index in [1.165, 1.54) is 63.4 Å². The first-order valence-electron chi connectivity index (χ1n) is 8.00. The largest absolute Gasteiger partial charge is 0.467 e. The molecule has 0 aliphatic carbocycles. The maximum atomic E-state index is 5.58. The first-order chi connectivity index (χ1) is 9.29. The molecule has 19 heavy (non-hydrogen) atoms. The van der Waals surface area contributed by atoms with E-state index in [1.807, 2.05) is 13.1 Å². The van der Waals surface area contributed by atoms with Crippen LogP contribution in [0.2, 0.25) is 0 Å². The zero-order valence-corrected chi connectivity index (χ0v) is 13.0. The molecule has 1 aromatic rings. The van der Waals surface area contributed by atoms with Crippen molar-refractivity contribution in [1.82, 2.24) is 5.32 Å². The number of furan rings is 1. The third-order valence-electron chi connectivity index (χ3n) is 3.91. The van der Waals surface area contributed by atoms with Crippen molar-refractivity contribution >= 4 is 0 Å². The Morgan fingerprint density at radius 3 is 2.21 bits per heavy atom. The maximum Gasteiger partial charge on any atom is 0.123 e. The smallest absolute Gasteiger partial charge is 0.123 e. The highest BCUT2D eigenvalue weighted by molar-refractivity contribution is 5.17. The number of hydrogen-bond donors (Lipinski definition) is 1. The van der Waals surface area contributed by atoms with E-state index in [1.54, 1.807) is 6.26 Å². The van der Waals surface area contributed by atoms with Gasteiger partial charge < -0.3 is 9.73 Å². The Bertz CT molecular complexity index is 319. The zero-order valence-electron chi connectivity index (χ0n) is 13.0. The highest BCUT2D eigenvalue weighted by atomic mass is 16.3. The molecule has 1 N–H and O–H groups in total. The van der Waals surface area contributed by atoms with Crippen molar-refractivity contribution in [2.45, 2.75) is 77.7 Å². The summed E-state index contributed by atoms with van der Waals surface area (Å²) in [5.74, 6) is 1.12. The van der Waals surface area contributed by atoms with Crippen LogP contribution in [-0.4, -0.2) is 7.05 Å². The Hall–Kier alpha value is -0.760. The van der Waals surface area contributed by atoms with E-state index in [-0.39, 0.29) is 0 Å². The number of rotatable bonds is 11. The Labute approximate surface area is 119 Å². The predicted octanol–water partition coefficient (Wildman–Crippen LogP) is 5.38. The van der Waals surface area contributed by atoms with E-state index >= 15 is 0 Å². The van der Waals surface area contributed by atoms with Crippen LogP contribution in [0.15, 0.2) is 16.7 Å². The Morgan fingerprint density at radius 1 is 1.05 bits per heavy atom. The summed E-state index contributed by atoms with van der Waals surface area (Å²) in [4.78, 5) is 0. The molecule has 0 spiro atoms. The van der Waals surface area contributed by atoms with Crippen LogP contribution in [0.3, 0.4) is 0 Å². The summed E-state index contributed by atoms with van der Waals surface area (Å²) in [5.41, 5.74) is 1.26. The Kier molecular flexibility index (Phi) is 8.64. The molecule has 0 saturated carbocycles. The maximum absolute atomic E-state index is 5.58. The molecule has 110 valence electrons. The van der Waals surface area contributed by atoms with Crippen molar-refractivity contribution in [1.29, 1.82) is 0 Å². The summed E-state index contributed by atoms with van der Waals surface area (Å²) < 4.78 is 5.58.